The van der Waals surface area contributed by atoms with Gasteiger partial charge in [-0.3, -0.25) is 4.57 Å². The van der Waals surface area contributed by atoms with Gasteiger partial charge in [-0.1, -0.05) is 115 Å². The summed E-state index contributed by atoms with van der Waals surface area (Å²) in [5.41, 5.74) is 12.7. The van der Waals surface area contributed by atoms with E-state index in [1.165, 1.54) is 43.8 Å². The van der Waals surface area contributed by atoms with Crippen molar-refractivity contribution in [3.8, 4) is 39.1 Å². The highest BCUT2D eigenvalue weighted by Gasteiger charge is 2.16. The molecule has 49 heavy (non-hydrogen) atoms. The van der Waals surface area contributed by atoms with E-state index < -0.39 is 0 Å². The van der Waals surface area contributed by atoms with Crippen molar-refractivity contribution in [2.45, 2.75) is 0 Å². The standard InChI is InChI=1S/C46H29N3/c1-2-14-40(15-3-1)49-44-17-9-8-16-41(44)45-46(49)48-42-23-22-36(29-43(42)47-45)39-27-37(34-20-18-30-10-4-6-12-32(30)24-34)26-38(28-39)35-21-19-31-11-5-7-13-33(31)25-35/h1-29H. The third kappa shape index (κ3) is 4.67. The lowest BCUT2D eigenvalue weighted by atomic mass is 9.91. The highest BCUT2D eigenvalue weighted by Crippen LogP contribution is 2.37. The average Bonchev–Trinajstić information content (AvgIpc) is 3.49. The van der Waals surface area contributed by atoms with Crippen molar-refractivity contribution in [3.05, 3.63) is 176 Å². The van der Waals surface area contributed by atoms with Gasteiger partial charge in [0.25, 0.3) is 0 Å². The molecule has 0 radical (unpaired) electrons. The number of rotatable bonds is 4. The first-order valence-electron chi connectivity index (χ1n) is 16.7. The van der Waals surface area contributed by atoms with Gasteiger partial charge in [-0.2, -0.15) is 0 Å². The number of hydrogen-bond acceptors (Lipinski definition) is 2. The Hall–Kier alpha value is -6.58. The van der Waals surface area contributed by atoms with Crippen LogP contribution in [0, 0.1) is 0 Å². The van der Waals surface area contributed by atoms with E-state index in [0.717, 1.165) is 49.9 Å². The molecule has 2 heterocycles. The first-order chi connectivity index (χ1) is 24.2. The van der Waals surface area contributed by atoms with E-state index in [9.17, 15) is 0 Å². The van der Waals surface area contributed by atoms with E-state index in [2.05, 4.69) is 174 Å². The van der Waals surface area contributed by atoms with Crippen molar-refractivity contribution in [1.82, 2.24) is 14.5 Å². The van der Waals surface area contributed by atoms with Crippen molar-refractivity contribution in [1.29, 1.82) is 0 Å². The number of aromatic nitrogens is 3. The molecular formula is C46H29N3. The zero-order chi connectivity index (χ0) is 32.3. The van der Waals surface area contributed by atoms with Gasteiger partial charge in [0, 0.05) is 11.1 Å². The lowest BCUT2D eigenvalue weighted by Gasteiger charge is -2.13. The molecule has 3 heteroatoms. The van der Waals surface area contributed by atoms with Gasteiger partial charge in [0.2, 0.25) is 0 Å². The van der Waals surface area contributed by atoms with Crippen LogP contribution in [-0.2, 0) is 0 Å². The van der Waals surface area contributed by atoms with Crippen LogP contribution < -0.4 is 0 Å². The molecule has 0 atom stereocenters. The molecule has 0 bridgehead atoms. The zero-order valence-corrected chi connectivity index (χ0v) is 26.6. The van der Waals surface area contributed by atoms with Crippen molar-refractivity contribution in [2.75, 3.05) is 0 Å². The minimum atomic E-state index is 0.865. The quantitative estimate of drug-likeness (QED) is 0.195. The minimum absolute atomic E-state index is 0.865. The highest BCUT2D eigenvalue weighted by molar-refractivity contribution is 6.08. The lowest BCUT2D eigenvalue weighted by molar-refractivity contribution is 1.14. The number of hydrogen-bond donors (Lipinski definition) is 0. The summed E-state index contributed by atoms with van der Waals surface area (Å²) in [6, 6.07) is 62.9. The fourth-order valence-electron chi connectivity index (χ4n) is 7.25. The second-order valence-corrected chi connectivity index (χ2v) is 12.7. The Balaban J connectivity index is 1.17. The van der Waals surface area contributed by atoms with Crippen LogP contribution in [0.5, 0.6) is 0 Å². The van der Waals surface area contributed by atoms with E-state index in [4.69, 9.17) is 9.97 Å². The molecule has 3 nitrogen and oxygen atoms in total. The number of nitrogens with zero attached hydrogens (tertiary/aromatic N) is 3. The van der Waals surface area contributed by atoms with Crippen molar-refractivity contribution >= 4 is 54.6 Å². The predicted molar refractivity (Wildman–Crippen MR) is 205 cm³/mol. The normalized spacial score (nSPS) is 11.7. The van der Waals surface area contributed by atoms with E-state index in [-0.39, 0.29) is 0 Å². The van der Waals surface area contributed by atoms with Crippen LogP contribution in [0.1, 0.15) is 0 Å². The van der Waals surface area contributed by atoms with Crippen LogP contribution in [0.15, 0.2) is 176 Å². The molecule has 0 saturated heterocycles. The van der Waals surface area contributed by atoms with Crippen LogP contribution in [0.3, 0.4) is 0 Å². The molecular weight excluding hydrogens is 595 g/mol. The third-order valence-electron chi connectivity index (χ3n) is 9.70. The summed E-state index contributed by atoms with van der Waals surface area (Å²) in [7, 11) is 0. The Morgan fingerprint density at radius 3 is 1.53 bits per heavy atom. The molecule has 0 aliphatic heterocycles. The molecule has 228 valence electrons. The number of para-hydroxylation sites is 2. The van der Waals surface area contributed by atoms with Gasteiger partial charge in [0.15, 0.2) is 5.65 Å². The summed E-state index contributed by atoms with van der Waals surface area (Å²) in [6.07, 6.45) is 0. The second-order valence-electron chi connectivity index (χ2n) is 12.7. The van der Waals surface area contributed by atoms with Crippen molar-refractivity contribution < 1.29 is 0 Å². The van der Waals surface area contributed by atoms with Gasteiger partial charge in [-0.15, -0.1) is 0 Å². The van der Waals surface area contributed by atoms with Gasteiger partial charge in [0.05, 0.1) is 16.6 Å². The minimum Gasteiger partial charge on any atom is -0.293 e. The molecule has 0 aliphatic rings. The maximum atomic E-state index is 5.28. The first-order valence-corrected chi connectivity index (χ1v) is 16.7. The molecule has 0 amide bonds. The van der Waals surface area contributed by atoms with Crippen LogP contribution in [0.25, 0.3) is 93.7 Å². The monoisotopic (exact) mass is 623 g/mol. The molecule has 8 aromatic carbocycles. The summed E-state index contributed by atoms with van der Waals surface area (Å²) in [5.74, 6) is 0. The fourth-order valence-corrected chi connectivity index (χ4v) is 7.25. The Morgan fingerprint density at radius 1 is 0.347 bits per heavy atom. The third-order valence-corrected chi connectivity index (χ3v) is 9.70. The Kier molecular flexibility index (Phi) is 6.18. The smallest absolute Gasteiger partial charge is 0.165 e. The van der Waals surface area contributed by atoms with E-state index >= 15 is 0 Å². The summed E-state index contributed by atoms with van der Waals surface area (Å²) < 4.78 is 2.22. The van der Waals surface area contributed by atoms with Crippen LogP contribution in [0.2, 0.25) is 0 Å². The average molecular weight is 624 g/mol. The van der Waals surface area contributed by atoms with E-state index in [1.54, 1.807) is 0 Å². The van der Waals surface area contributed by atoms with Gasteiger partial charge >= 0.3 is 0 Å². The van der Waals surface area contributed by atoms with Crippen LogP contribution >= 0.6 is 0 Å². The molecule has 0 unspecified atom stereocenters. The molecule has 0 fully saturated rings. The lowest BCUT2D eigenvalue weighted by Crippen LogP contribution is -1.96. The number of fused-ring (bicyclic) bond motifs is 6. The Bertz CT molecular complexity index is 2790. The molecule has 2 aromatic heterocycles. The summed E-state index contributed by atoms with van der Waals surface area (Å²) in [5, 5.41) is 6.04. The molecule has 0 N–H and O–H groups in total. The van der Waals surface area contributed by atoms with Gasteiger partial charge in [-0.05, 0) is 116 Å². The van der Waals surface area contributed by atoms with Crippen LogP contribution in [0.4, 0.5) is 0 Å². The molecule has 0 spiro atoms. The first kappa shape index (κ1) is 27.5. The zero-order valence-electron chi connectivity index (χ0n) is 26.6. The molecule has 0 saturated carbocycles. The van der Waals surface area contributed by atoms with Gasteiger partial charge in [0.1, 0.15) is 5.52 Å². The largest absolute Gasteiger partial charge is 0.293 e. The van der Waals surface area contributed by atoms with Crippen molar-refractivity contribution in [2.24, 2.45) is 0 Å². The van der Waals surface area contributed by atoms with Crippen molar-refractivity contribution in [3.63, 3.8) is 0 Å². The Labute approximate surface area is 283 Å². The predicted octanol–water partition coefficient (Wildman–Crippen LogP) is 12.0. The van der Waals surface area contributed by atoms with Crippen LogP contribution in [-0.4, -0.2) is 14.5 Å². The topological polar surface area (TPSA) is 30.7 Å². The fraction of sp³-hybridized carbons (Fsp3) is 0. The maximum absolute atomic E-state index is 5.28. The number of benzene rings is 8. The molecule has 0 aliphatic carbocycles. The SMILES string of the molecule is c1ccc(-n2c3ccccc3c3nc4cc(-c5cc(-c6ccc7ccccc7c6)cc(-c6ccc7ccccc7c6)c5)ccc4nc32)cc1. The molecule has 10 aromatic rings. The summed E-state index contributed by atoms with van der Waals surface area (Å²) >= 11 is 0. The van der Waals surface area contributed by atoms with E-state index in [0.29, 0.717) is 0 Å². The van der Waals surface area contributed by atoms with Gasteiger partial charge < -0.3 is 0 Å². The summed E-state index contributed by atoms with van der Waals surface area (Å²) in [6.45, 7) is 0. The van der Waals surface area contributed by atoms with Gasteiger partial charge in [-0.25, -0.2) is 9.97 Å². The second kappa shape index (κ2) is 11.0. The Morgan fingerprint density at radius 2 is 0.878 bits per heavy atom. The summed E-state index contributed by atoms with van der Waals surface area (Å²) in [4.78, 5) is 10.5. The highest BCUT2D eigenvalue weighted by atomic mass is 15.1. The van der Waals surface area contributed by atoms with E-state index in [1.807, 2.05) is 6.07 Å². The molecule has 10 rings (SSSR count). The maximum Gasteiger partial charge on any atom is 0.165 e.